The normalized spacial score (nSPS) is 14.3. The molecule has 1 aromatic heterocycles. The zero-order valence-electron chi connectivity index (χ0n) is 17.7. The summed E-state index contributed by atoms with van der Waals surface area (Å²) in [5.74, 6) is 0.803. The Morgan fingerprint density at radius 3 is 2.47 bits per heavy atom. The maximum Gasteiger partial charge on any atom is 0.242 e. The van der Waals surface area contributed by atoms with Gasteiger partial charge in [-0.3, -0.25) is 9.59 Å². The summed E-state index contributed by atoms with van der Waals surface area (Å²) in [6.45, 7) is 5.23. The Morgan fingerprint density at radius 1 is 1.03 bits per heavy atom. The van der Waals surface area contributed by atoms with Crippen LogP contribution in [0.4, 0.5) is 0 Å². The Morgan fingerprint density at radius 2 is 1.80 bits per heavy atom. The van der Waals surface area contributed by atoms with Crippen molar-refractivity contribution in [3.8, 4) is 0 Å². The molecule has 0 N–H and O–H groups in total. The lowest BCUT2D eigenvalue weighted by atomic mass is 9.88. The SMILES string of the molecule is C=CCN(CC(=O)N(CCc1ccccc1)Cc1ccco1)C(=O)C1CCCCC1. The molecular weight excluding hydrogens is 376 g/mol. The zero-order valence-corrected chi connectivity index (χ0v) is 17.7. The maximum atomic E-state index is 13.2. The molecule has 2 amide bonds. The second kappa shape index (κ2) is 11.4. The second-order valence-corrected chi connectivity index (χ2v) is 7.97. The predicted octanol–water partition coefficient (Wildman–Crippen LogP) is 4.45. The third-order valence-electron chi connectivity index (χ3n) is 5.73. The quantitative estimate of drug-likeness (QED) is 0.546. The first-order valence-electron chi connectivity index (χ1n) is 10.9. The van der Waals surface area contributed by atoms with Crippen molar-refractivity contribution >= 4 is 11.8 Å². The van der Waals surface area contributed by atoms with Gasteiger partial charge in [-0.1, -0.05) is 55.7 Å². The van der Waals surface area contributed by atoms with E-state index in [0.29, 0.717) is 19.6 Å². The molecule has 0 bridgehead atoms. The molecule has 2 aromatic rings. The van der Waals surface area contributed by atoms with Gasteiger partial charge in [-0.25, -0.2) is 0 Å². The van der Waals surface area contributed by atoms with Gasteiger partial charge in [-0.2, -0.15) is 0 Å². The van der Waals surface area contributed by atoms with E-state index in [1.165, 1.54) is 12.0 Å². The van der Waals surface area contributed by atoms with Crippen LogP contribution < -0.4 is 0 Å². The van der Waals surface area contributed by atoms with Gasteiger partial charge in [-0.15, -0.1) is 6.58 Å². The third kappa shape index (κ3) is 6.34. The summed E-state index contributed by atoms with van der Waals surface area (Å²) in [4.78, 5) is 29.7. The molecule has 160 valence electrons. The average Bonchev–Trinajstić information content (AvgIpc) is 3.30. The first kappa shape index (κ1) is 21.9. The number of rotatable bonds is 10. The molecule has 0 aliphatic heterocycles. The number of nitrogens with zero attached hydrogens (tertiary/aromatic N) is 2. The number of hydrogen-bond donors (Lipinski definition) is 0. The third-order valence-corrected chi connectivity index (χ3v) is 5.73. The monoisotopic (exact) mass is 408 g/mol. The highest BCUT2D eigenvalue weighted by atomic mass is 16.3. The minimum Gasteiger partial charge on any atom is -0.467 e. The molecule has 0 radical (unpaired) electrons. The van der Waals surface area contributed by atoms with Gasteiger partial charge < -0.3 is 14.2 Å². The lowest BCUT2D eigenvalue weighted by molar-refractivity contribution is -0.143. The summed E-state index contributed by atoms with van der Waals surface area (Å²) in [6.07, 6.45) is 9.30. The van der Waals surface area contributed by atoms with Crippen molar-refractivity contribution in [1.29, 1.82) is 0 Å². The number of benzene rings is 1. The van der Waals surface area contributed by atoms with Crippen LogP contribution in [0.15, 0.2) is 65.8 Å². The molecule has 5 nitrogen and oxygen atoms in total. The summed E-state index contributed by atoms with van der Waals surface area (Å²) in [5.41, 5.74) is 1.18. The Hall–Kier alpha value is -2.82. The lowest BCUT2D eigenvalue weighted by Crippen LogP contribution is -2.45. The molecule has 30 heavy (non-hydrogen) atoms. The van der Waals surface area contributed by atoms with E-state index in [2.05, 4.69) is 18.7 Å². The van der Waals surface area contributed by atoms with Crippen LogP contribution in [0.2, 0.25) is 0 Å². The summed E-state index contributed by atoms with van der Waals surface area (Å²) >= 11 is 0. The van der Waals surface area contributed by atoms with Crippen molar-refractivity contribution in [2.24, 2.45) is 5.92 Å². The van der Waals surface area contributed by atoms with Crippen LogP contribution in [0.3, 0.4) is 0 Å². The fraction of sp³-hybridized carbons (Fsp3) is 0.440. The van der Waals surface area contributed by atoms with Crippen LogP contribution in [0.25, 0.3) is 0 Å². The Kier molecular flexibility index (Phi) is 8.30. The molecule has 0 saturated heterocycles. The molecule has 1 aromatic carbocycles. The molecule has 1 aliphatic carbocycles. The molecule has 1 heterocycles. The molecule has 1 aliphatic rings. The molecule has 0 unspecified atom stereocenters. The van der Waals surface area contributed by atoms with Crippen molar-refractivity contribution < 1.29 is 14.0 Å². The lowest BCUT2D eigenvalue weighted by Gasteiger charge is -2.30. The van der Waals surface area contributed by atoms with E-state index in [0.717, 1.165) is 37.9 Å². The molecule has 1 saturated carbocycles. The van der Waals surface area contributed by atoms with Crippen molar-refractivity contribution in [2.45, 2.75) is 45.1 Å². The van der Waals surface area contributed by atoms with E-state index in [1.807, 2.05) is 30.3 Å². The zero-order chi connectivity index (χ0) is 21.2. The van der Waals surface area contributed by atoms with Crippen molar-refractivity contribution in [1.82, 2.24) is 9.80 Å². The van der Waals surface area contributed by atoms with E-state index in [4.69, 9.17) is 4.42 Å². The smallest absolute Gasteiger partial charge is 0.242 e. The van der Waals surface area contributed by atoms with Gasteiger partial charge in [0.25, 0.3) is 0 Å². The van der Waals surface area contributed by atoms with Crippen LogP contribution in [-0.4, -0.2) is 41.2 Å². The Bertz CT molecular complexity index is 795. The predicted molar refractivity (Wildman–Crippen MR) is 118 cm³/mol. The van der Waals surface area contributed by atoms with Crippen LogP contribution in [0, 0.1) is 5.92 Å². The molecule has 0 atom stereocenters. The number of carbonyl (C=O) groups excluding carboxylic acids is 2. The topological polar surface area (TPSA) is 53.8 Å². The standard InChI is InChI=1S/C25H32N2O3/c1-2-16-27(25(29)22-12-7-4-8-13-22)20-24(28)26(19-23-14-9-18-30-23)17-15-21-10-5-3-6-11-21/h2-3,5-6,9-11,14,18,22H,1,4,7-8,12-13,15-17,19-20H2. The van der Waals surface area contributed by atoms with Crippen molar-refractivity contribution in [3.05, 3.63) is 72.7 Å². The minimum atomic E-state index is -0.0617. The average molecular weight is 409 g/mol. The second-order valence-electron chi connectivity index (χ2n) is 7.97. The number of carbonyl (C=O) groups is 2. The van der Waals surface area contributed by atoms with Crippen LogP contribution in [0.5, 0.6) is 0 Å². The summed E-state index contributed by atoms with van der Waals surface area (Å²) < 4.78 is 5.47. The van der Waals surface area contributed by atoms with Crippen molar-refractivity contribution in [3.63, 3.8) is 0 Å². The number of amides is 2. The van der Waals surface area contributed by atoms with Crippen molar-refractivity contribution in [2.75, 3.05) is 19.6 Å². The first-order valence-corrected chi connectivity index (χ1v) is 10.9. The van der Waals surface area contributed by atoms with Gasteiger partial charge in [0.05, 0.1) is 12.8 Å². The number of furan rings is 1. The Balaban J connectivity index is 1.67. The van der Waals surface area contributed by atoms with E-state index in [1.54, 1.807) is 22.1 Å². The van der Waals surface area contributed by atoms with Crippen LogP contribution >= 0.6 is 0 Å². The van der Waals surface area contributed by atoms with Gasteiger partial charge in [0, 0.05) is 19.0 Å². The maximum absolute atomic E-state index is 13.2. The first-order chi connectivity index (χ1) is 14.7. The van der Waals surface area contributed by atoms with E-state index in [-0.39, 0.29) is 24.3 Å². The highest BCUT2D eigenvalue weighted by molar-refractivity contribution is 5.86. The summed E-state index contributed by atoms with van der Waals surface area (Å²) in [5, 5.41) is 0. The summed E-state index contributed by atoms with van der Waals surface area (Å²) in [7, 11) is 0. The highest BCUT2D eigenvalue weighted by Crippen LogP contribution is 2.25. The molecule has 1 fully saturated rings. The summed E-state index contributed by atoms with van der Waals surface area (Å²) in [6, 6.07) is 13.8. The molecule has 5 heteroatoms. The number of hydrogen-bond acceptors (Lipinski definition) is 3. The van der Waals surface area contributed by atoms with Gasteiger partial charge in [0.2, 0.25) is 11.8 Å². The highest BCUT2D eigenvalue weighted by Gasteiger charge is 2.28. The molecule has 0 spiro atoms. The van der Waals surface area contributed by atoms with Crippen LogP contribution in [-0.2, 0) is 22.6 Å². The van der Waals surface area contributed by atoms with Gasteiger partial charge in [-0.05, 0) is 37.0 Å². The van der Waals surface area contributed by atoms with Gasteiger partial charge in [0.1, 0.15) is 12.3 Å². The fourth-order valence-electron chi connectivity index (χ4n) is 4.05. The molecule has 3 rings (SSSR count). The van der Waals surface area contributed by atoms with E-state index in [9.17, 15) is 9.59 Å². The van der Waals surface area contributed by atoms with Crippen LogP contribution in [0.1, 0.15) is 43.4 Å². The van der Waals surface area contributed by atoms with Gasteiger partial charge >= 0.3 is 0 Å². The van der Waals surface area contributed by atoms with E-state index < -0.39 is 0 Å². The van der Waals surface area contributed by atoms with Gasteiger partial charge in [0.15, 0.2) is 0 Å². The largest absolute Gasteiger partial charge is 0.467 e. The fourth-order valence-corrected chi connectivity index (χ4v) is 4.05. The molecular formula is C25H32N2O3. The minimum absolute atomic E-state index is 0.0364. The van der Waals surface area contributed by atoms with E-state index >= 15 is 0 Å². The Labute approximate surface area is 179 Å².